The predicted molar refractivity (Wildman–Crippen MR) is 92.2 cm³/mol. The van der Waals surface area contributed by atoms with E-state index in [2.05, 4.69) is 9.88 Å². The Hall–Kier alpha value is -2.11. The zero-order valence-corrected chi connectivity index (χ0v) is 14.2. The Morgan fingerprint density at radius 2 is 1.62 bits per heavy atom. The second-order valence-corrected chi connectivity index (χ2v) is 6.26. The van der Waals surface area contributed by atoms with Gasteiger partial charge in [0.2, 0.25) is 0 Å². The Bertz CT molecular complexity index is 645. The quantitative estimate of drug-likeness (QED) is 0.914. The van der Waals surface area contributed by atoms with Gasteiger partial charge in [0.1, 0.15) is 11.5 Å². The molecule has 1 aliphatic heterocycles. The van der Waals surface area contributed by atoms with Gasteiger partial charge in [-0.1, -0.05) is 0 Å². The van der Waals surface area contributed by atoms with Crippen LogP contribution in [0.4, 0.5) is 0 Å². The Kier molecular flexibility index (Phi) is 5.02. The number of rotatable bonds is 5. The van der Waals surface area contributed by atoms with Crippen molar-refractivity contribution >= 4 is 0 Å². The van der Waals surface area contributed by atoms with Gasteiger partial charge in [-0.15, -0.1) is 0 Å². The van der Waals surface area contributed by atoms with Gasteiger partial charge >= 0.3 is 0 Å². The van der Waals surface area contributed by atoms with Crippen molar-refractivity contribution in [1.82, 2.24) is 9.88 Å². The number of aromatic nitrogens is 1. The lowest BCUT2D eigenvalue weighted by molar-refractivity contribution is -0.0280. The molecule has 3 rings (SSSR count). The molecular weight excluding hydrogens is 304 g/mol. The van der Waals surface area contributed by atoms with Crippen LogP contribution >= 0.6 is 0 Å². The molecule has 1 aliphatic rings. The Morgan fingerprint density at radius 1 is 1.04 bits per heavy atom. The zero-order chi connectivity index (χ0) is 17.0. The van der Waals surface area contributed by atoms with E-state index < -0.39 is 5.60 Å². The minimum atomic E-state index is -0.837. The summed E-state index contributed by atoms with van der Waals surface area (Å²) in [6, 6.07) is 9.70. The first-order chi connectivity index (χ1) is 11.6. The van der Waals surface area contributed by atoms with Crippen molar-refractivity contribution in [3.05, 3.63) is 53.9 Å². The Balaban J connectivity index is 1.70. The zero-order valence-electron chi connectivity index (χ0n) is 14.2. The van der Waals surface area contributed by atoms with Crippen LogP contribution in [0, 0.1) is 0 Å². The van der Waals surface area contributed by atoms with Gasteiger partial charge in [0.15, 0.2) is 0 Å². The highest BCUT2D eigenvalue weighted by molar-refractivity contribution is 5.41. The van der Waals surface area contributed by atoms with Gasteiger partial charge in [-0.25, -0.2) is 0 Å². The molecule has 1 N–H and O–H groups in total. The van der Waals surface area contributed by atoms with E-state index >= 15 is 0 Å². The standard InChI is InChI=1S/C19H24N2O3/c1-23-17-11-16(12-18(13-17)24-2)19(22)5-9-21(10-6-19)14-15-3-7-20-8-4-15/h3-4,7-8,11-13,22H,5-6,9-10,14H2,1-2H3. The maximum absolute atomic E-state index is 11.1. The molecule has 1 saturated heterocycles. The van der Waals surface area contributed by atoms with Gasteiger partial charge in [-0.2, -0.15) is 0 Å². The van der Waals surface area contributed by atoms with Gasteiger partial charge in [-0.3, -0.25) is 9.88 Å². The van der Waals surface area contributed by atoms with Crippen molar-refractivity contribution in [2.75, 3.05) is 27.3 Å². The first-order valence-electron chi connectivity index (χ1n) is 8.20. The summed E-state index contributed by atoms with van der Waals surface area (Å²) in [7, 11) is 3.25. The highest BCUT2D eigenvalue weighted by Gasteiger charge is 2.34. The lowest BCUT2D eigenvalue weighted by Crippen LogP contribution is -2.42. The van der Waals surface area contributed by atoms with E-state index in [1.165, 1.54) is 5.56 Å². The fourth-order valence-electron chi connectivity index (χ4n) is 3.19. The highest BCUT2D eigenvalue weighted by atomic mass is 16.5. The van der Waals surface area contributed by atoms with E-state index in [1.54, 1.807) is 14.2 Å². The molecule has 0 saturated carbocycles. The number of benzene rings is 1. The number of piperidine rings is 1. The molecular formula is C19H24N2O3. The molecule has 1 fully saturated rings. The molecule has 24 heavy (non-hydrogen) atoms. The summed E-state index contributed by atoms with van der Waals surface area (Å²) < 4.78 is 10.7. The fraction of sp³-hybridized carbons (Fsp3) is 0.421. The molecule has 2 aromatic rings. The van der Waals surface area contributed by atoms with E-state index in [-0.39, 0.29) is 0 Å². The van der Waals surface area contributed by atoms with Crippen LogP contribution in [0.1, 0.15) is 24.0 Å². The third-order valence-electron chi connectivity index (χ3n) is 4.73. The first kappa shape index (κ1) is 16.7. The van der Waals surface area contributed by atoms with Gasteiger partial charge in [0.05, 0.1) is 19.8 Å². The van der Waals surface area contributed by atoms with Crippen LogP contribution in [-0.2, 0) is 12.1 Å². The summed E-state index contributed by atoms with van der Waals surface area (Å²) in [5, 5.41) is 11.1. The number of likely N-dealkylation sites (tertiary alicyclic amines) is 1. The molecule has 1 aromatic carbocycles. The Labute approximate surface area is 142 Å². The predicted octanol–water partition coefficient (Wildman–Crippen LogP) is 2.58. The lowest BCUT2D eigenvalue weighted by Gasteiger charge is -2.38. The molecule has 0 atom stereocenters. The van der Waals surface area contributed by atoms with Crippen molar-refractivity contribution in [3.63, 3.8) is 0 Å². The van der Waals surface area contributed by atoms with Crippen LogP contribution in [0.5, 0.6) is 11.5 Å². The van der Waals surface area contributed by atoms with Crippen LogP contribution in [0.15, 0.2) is 42.7 Å². The van der Waals surface area contributed by atoms with Crippen LogP contribution in [0.2, 0.25) is 0 Å². The number of methoxy groups -OCH3 is 2. The van der Waals surface area contributed by atoms with Crippen molar-refractivity contribution in [1.29, 1.82) is 0 Å². The SMILES string of the molecule is COc1cc(OC)cc(C2(O)CCN(Cc3ccncc3)CC2)c1. The van der Waals surface area contributed by atoms with E-state index in [9.17, 15) is 5.11 Å². The van der Waals surface area contributed by atoms with Crippen molar-refractivity contribution in [3.8, 4) is 11.5 Å². The summed E-state index contributed by atoms with van der Waals surface area (Å²) >= 11 is 0. The molecule has 0 amide bonds. The number of hydrogen-bond donors (Lipinski definition) is 1. The van der Waals surface area contributed by atoms with E-state index in [0.29, 0.717) is 24.3 Å². The maximum Gasteiger partial charge on any atom is 0.122 e. The smallest absolute Gasteiger partial charge is 0.122 e. The number of nitrogens with zero attached hydrogens (tertiary/aromatic N) is 2. The third-order valence-corrected chi connectivity index (χ3v) is 4.73. The van der Waals surface area contributed by atoms with Crippen LogP contribution in [-0.4, -0.2) is 42.3 Å². The molecule has 2 heterocycles. The van der Waals surface area contributed by atoms with Gasteiger partial charge in [0, 0.05) is 38.1 Å². The second kappa shape index (κ2) is 7.20. The minimum absolute atomic E-state index is 0.689. The monoisotopic (exact) mass is 328 g/mol. The normalized spacial score (nSPS) is 17.5. The molecule has 0 spiro atoms. The average Bonchev–Trinajstić information content (AvgIpc) is 2.64. The number of pyridine rings is 1. The lowest BCUT2D eigenvalue weighted by atomic mass is 9.84. The second-order valence-electron chi connectivity index (χ2n) is 6.26. The topological polar surface area (TPSA) is 54.8 Å². The van der Waals surface area contributed by atoms with Crippen LogP contribution in [0.25, 0.3) is 0 Å². The molecule has 0 unspecified atom stereocenters. The molecule has 5 nitrogen and oxygen atoms in total. The number of hydrogen-bond acceptors (Lipinski definition) is 5. The molecule has 0 radical (unpaired) electrons. The molecule has 5 heteroatoms. The summed E-state index contributed by atoms with van der Waals surface area (Å²) in [4.78, 5) is 6.41. The van der Waals surface area contributed by atoms with Crippen LogP contribution in [0.3, 0.4) is 0 Å². The summed E-state index contributed by atoms with van der Waals surface area (Å²) in [5.41, 5.74) is 1.28. The number of aliphatic hydroxyl groups is 1. The minimum Gasteiger partial charge on any atom is -0.497 e. The summed E-state index contributed by atoms with van der Waals surface area (Å²) in [5.74, 6) is 1.41. The molecule has 0 bridgehead atoms. The van der Waals surface area contributed by atoms with Gasteiger partial charge in [-0.05, 0) is 48.2 Å². The molecule has 128 valence electrons. The largest absolute Gasteiger partial charge is 0.497 e. The third kappa shape index (κ3) is 3.68. The maximum atomic E-state index is 11.1. The van der Waals surface area contributed by atoms with E-state index in [1.807, 2.05) is 42.7 Å². The van der Waals surface area contributed by atoms with Crippen molar-refractivity contribution < 1.29 is 14.6 Å². The summed E-state index contributed by atoms with van der Waals surface area (Å²) in [6.07, 6.45) is 5.01. The molecule has 1 aromatic heterocycles. The van der Waals surface area contributed by atoms with E-state index in [4.69, 9.17) is 9.47 Å². The summed E-state index contributed by atoms with van der Waals surface area (Å²) in [6.45, 7) is 2.58. The Morgan fingerprint density at radius 3 is 2.17 bits per heavy atom. The van der Waals surface area contributed by atoms with Crippen molar-refractivity contribution in [2.24, 2.45) is 0 Å². The average molecular weight is 328 g/mol. The van der Waals surface area contributed by atoms with Gasteiger partial charge < -0.3 is 14.6 Å². The molecule has 0 aliphatic carbocycles. The highest BCUT2D eigenvalue weighted by Crippen LogP contribution is 2.37. The van der Waals surface area contributed by atoms with Crippen LogP contribution < -0.4 is 9.47 Å². The van der Waals surface area contributed by atoms with E-state index in [0.717, 1.165) is 25.2 Å². The number of ether oxygens (including phenoxy) is 2. The van der Waals surface area contributed by atoms with Crippen molar-refractivity contribution in [2.45, 2.75) is 25.0 Å². The van der Waals surface area contributed by atoms with Gasteiger partial charge in [0.25, 0.3) is 0 Å². The first-order valence-corrected chi connectivity index (χ1v) is 8.20. The fourth-order valence-corrected chi connectivity index (χ4v) is 3.19.